The molecule has 2 rings (SSSR count). The minimum absolute atomic E-state index is 0.192. The Balaban J connectivity index is 1.88. The van der Waals surface area contributed by atoms with Gasteiger partial charge in [0.1, 0.15) is 0 Å². The Morgan fingerprint density at radius 3 is 2.39 bits per heavy atom. The smallest absolute Gasteiger partial charge is 0.225 e. The standard InChI is InChI=1S/C15H28N2O/c1-11-4-5-12(10-13(11)16)14(18)17-8-6-15(2,3)7-9-17/h11-13H,4-10,16H2,1-3H3. The SMILES string of the molecule is CC1CCC(C(=O)N2CCC(C)(C)CC2)CC1N. The molecule has 3 nitrogen and oxygen atoms in total. The first-order chi connectivity index (χ1) is 8.39. The van der Waals surface area contributed by atoms with Gasteiger partial charge in [0.25, 0.3) is 0 Å². The quantitative estimate of drug-likeness (QED) is 0.779. The molecule has 1 heterocycles. The van der Waals surface area contributed by atoms with Crippen LogP contribution in [0.1, 0.15) is 52.9 Å². The van der Waals surface area contributed by atoms with E-state index in [0.29, 0.717) is 17.2 Å². The highest BCUT2D eigenvalue weighted by atomic mass is 16.2. The summed E-state index contributed by atoms with van der Waals surface area (Å²) in [6.07, 6.45) is 5.30. The third-order valence-electron chi connectivity index (χ3n) is 5.04. The number of hydrogen-bond donors (Lipinski definition) is 1. The van der Waals surface area contributed by atoms with Crippen molar-refractivity contribution in [1.29, 1.82) is 0 Å². The topological polar surface area (TPSA) is 46.3 Å². The summed E-state index contributed by atoms with van der Waals surface area (Å²) in [5.41, 5.74) is 6.52. The predicted octanol–water partition coefficient (Wildman–Crippen LogP) is 2.40. The molecule has 0 aromatic carbocycles. The van der Waals surface area contributed by atoms with Crippen molar-refractivity contribution in [3.05, 3.63) is 0 Å². The van der Waals surface area contributed by atoms with Gasteiger partial charge in [0, 0.05) is 25.0 Å². The molecule has 1 aliphatic carbocycles. The van der Waals surface area contributed by atoms with Gasteiger partial charge in [-0.3, -0.25) is 4.79 Å². The van der Waals surface area contributed by atoms with Crippen molar-refractivity contribution < 1.29 is 4.79 Å². The summed E-state index contributed by atoms with van der Waals surface area (Å²) in [4.78, 5) is 14.6. The van der Waals surface area contributed by atoms with Crippen LogP contribution in [-0.4, -0.2) is 29.9 Å². The number of nitrogens with zero attached hydrogens (tertiary/aromatic N) is 1. The molecule has 1 saturated heterocycles. The second-order valence-corrected chi connectivity index (χ2v) is 7.14. The Morgan fingerprint density at radius 1 is 1.22 bits per heavy atom. The Morgan fingerprint density at radius 2 is 1.83 bits per heavy atom. The van der Waals surface area contributed by atoms with Gasteiger partial charge >= 0.3 is 0 Å². The van der Waals surface area contributed by atoms with E-state index in [2.05, 4.69) is 25.7 Å². The average Bonchev–Trinajstić information content (AvgIpc) is 2.32. The lowest BCUT2D eigenvalue weighted by Gasteiger charge is -2.40. The zero-order valence-corrected chi connectivity index (χ0v) is 12.1. The molecule has 3 heteroatoms. The summed E-state index contributed by atoms with van der Waals surface area (Å²) in [5, 5.41) is 0. The van der Waals surface area contributed by atoms with E-state index in [1.54, 1.807) is 0 Å². The maximum Gasteiger partial charge on any atom is 0.225 e. The van der Waals surface area contributed by atoms with Crippen molar-refractivity contribution in [2.45, 2.75) is 58.9 Å². The molecule has 1 aliphatic heterocycles. The zero-order chi connectivity index (χ0) is 13.3. The summed E-state index contributed by atoms with van der Waals surface area (Å²) >= 11 is 0. The van der Waals surface area contributed by atoms with Gasteiger partial charge in [-0.05, 0) is 43.4 Å². The van der Waals surface area contributed by atoms with Gasteiger partial charge < -0.3 is 10.6 Å². The molecule has 0 bridgehead atoms. The molecule has 0 aromatic rings. The number of carbonyl (C=O) groups excluding carboxylic acids is 1. The number of hydrogen-bond acceptors (Lipinski definition) is 2. The summed E-state index contributed by atoms with van der Waals surface area (Å²) < 4.78 is 0. The van der Waals surface area contributed by atoms with Crippen molar-refractivity contribution >= 4 is 5.91 Å². The first-order valence-electron chi connectivity index (χ1n) is 7.43. The molecule has 2 aliphatic rings. The Bertz CT molecular complexity index is 304. The van der Waals surface area contributed by atoms with E-state index in [0.717, 1.165) is 45.2 Å². The van der Waals surface area contributed by atoms with Gasteiger partial charge in [0.15, 0.2) is 0 Å². The summed E-state index contributed by atoms with van der Waals surface area (Å²) in [7, 11) is 0. The second kappa shape index (κ2) is 5.20. The molecule has 18 heavy (non-hydrogen) atoms. The lowest BCUT2D eigenvalue weighted by Crippen LogP contribution is -2.47. The summed E-state index contributed by atoms with van der Waals surface area (Å²) in [5.74, 6) is 1.14. The van der Waals surface area contributed by atoms with E-state index < -0.39 is 0 Å². The van der Waals surface area contributed by atoms with Gasteiger partial charge in [0.05, 0.1) is 0 Å². The highest BCUT2D eigenvalue weighted by Crippen LogP contribution is 2.33. The number of nitrogens with two attached hydrogens (primary N) is 1. The fourth-order valence-electron chi connectivity index (χ4n) is 3.17. The lowest BCUT2D eigenvalue weighted by molar-refractivity contribution is -0.139. The predicted molar refractivity (Wildman–Crippen MR) is 74.1 cm³/mol. The minimum Gasteiger partial charge on any atom is -0.342 e. The van der Waals surface area contributed by atoms with Crippen LogP contribution in [0, 0.1) is 17.3 Å². The molecule has 2 N–H and O–H groups in total. The third-order valence-corrected chi connectivity index (χ3v) is 5.04. The molecule has 3 atom stereocenters. The molecule has 2 fully saturated rings. The summed E-state index contributed by atoms with van der Waals surface area (Å²) in [6, 6.07) is 0.217. The van der Waals surface area contributed by atoms with Crippen LogP contribution in [0.3, 0.4) is 0 Å². The molecular weight excluding hydrogens is 224 g/mol. The largest absolute Gasteiger partial charge is 0.342 e. The average molecular weight is 252 g/mol. The van der Waals surface area contributed by atoms with Crippen LogP contribution in [0.5, 0.6) is 0 Å². The van der Waals surface area contributed by atoms with Crippen LogP contribution >= 0.6 is 0 Å². The summed E-state index contributed by atoms with van der Waals surface area (Å²) in [6.45, 7) is 8.68. The number of rotatable bonds is 1. The number of likely N-dealkylation sites (tertiary alicyclic amines) is 1. The van der Waals surface area contributed by atoms with E-state index >= 15 is 0 Å². The van der Waals surface area contributed by atoms with Crippen LogP contribution < -0.4 is 5.73 Å². The second-order valence-electron chi connectivity index (χ2n) is 7.14. The molecular formula is C15H28N2O. The van der Waals surface area contributed by atoms with Gasteiger partial charge in [0.2, 0.25) is 5.91 Å². The van der Waals surface area contributed by atoms with E-state index in [1.165, 1.54) is 0 Å². The molecule has 104 valence electrons. The highest BCUT2D eigenvalue weighted by molar-refractivity contribution is 5.79. The van der Waals surface area contributed by atoms with Crippen molar-refractivity contribution in [2.24, 2.45) is 23.0 Å². The van der Waals surface area contributed by atoms with Gasteiger partial charge in [-0.25, -0.2) is 0 Å². The minimum atomic E-state index is 0.192. The van der Waals surface area contributed by atoms with E-state index in [4.69, 9.17) is 5.73 Å². The van der Waals surface area contributed by atoms with Crippen molar-refractivity contribution in [3.8, 4) is 0 Å². The number of carbonyl (C=O) groups is 1. The van der Waals surface area contributed by atoms with Crippen molar-refractivity contribution in [3.63, 3.8) is 0 Å². The molecule has 1 saturated carbocycles. The van der Waals surface area contributed by atoms with E-state index in [9.17, 15) is 4.79 Å². The first kappa shape index (κ1) is 13.9. The monoisotopic (exact) mass is 252 g/mol. The lowest BCUT2D eigenvalue weighted by atomic mass is 9.78. The fraction of sp³-hybridized carbons (Fsp3) is 0.933. The molecule has 0 aromatic heterocycles. The Labute approximate surface area is 111 Å². The fourth-order valence-corrected chi connectivity index (χ4v) is 3.17. The van der Waals surface area contributed by atoms with Crippen LogP contribution in [0.2, 0.25) is 0 Å². The maximum atomic E-state index is 12.5. The van der Waals surface area contributed by atoms with Crippen LogP contribution in [0.15, 0.2) is 0 Å². The highest BCUT2D eigenvalue weighted by Gasteiger charge is 2.34. The molecule has 3 unspecified atom stereocenters. The van der Waals surface area contributed by atoms with E-state index in [-0.39, 0.29) is 12.0 Å². The van der Waals surface area contributed by atoms with Crippen LogP contribution in [0.25, 0.3) is 0 Å². The van der Waals surface area contributed by atoms with Crippen LogP contribution in [-0.2, 0) is 4.79 Å². The molecule has 1 amide bonds. The Kier molecular flexibility index (Phi) is 4.00. The van der Waals surface area contributed by atoms with E-state index in [1.807, 2.05) is 0 Å². The third kappa shape index (κ3) is 3.05. The van der Waals surface area contributed by atoms with Gasteiger partial charge in [-0.2, -0.15) is 0 Å². The van der Waals surface area contributed by atoms with Crippen LogP contribution in [0.4, 0.5) is 0 Å². The molecule has 0 spiro atoms. The normalized spacial score (nSPS) is 36.4. The van der Waals surface area contributed by atoms with Gasteiger partial charge in [-0.15, -0.1) is 0 Å². The number of amides is 1. The number of piperidine rings is 1. The maximum absolute atomic E-state index is 12.5. The van der Waals surface area contributed by atoms with Crippen molar-refractivity contribution in [1.82, 2.24) is 4.90 Å². The zero-order valence-electron chi connectivity index (χ0n) is 12.1. The first-order valence-corrected chi connectivity index (χ1v) is 7.43. The van der Waals surface area contributed by atoms with Gasteiger partial charge in [-0.1, -0.05) is 20.8 Å². The molecule has 0 radical (unpaired) electrons. The van der Waals surface area contributed by atoms with Crippen molar-refractivity contribution in [2.75, 3.05) is 13.1 Å². The Hall–Kier alpha value is -0.570.